The molecule has 0 spiro atoms. The van der Waals surface area contributed by atoms with Crippen LogP contribution in [0.15, 0.2) is 76.6 Å². The summed E-state index contributed by atoms with van der Waals surface area (Å²) < 4.78 is 28.6. The van der Waals surface area contributed by atoms with Crippen molar-refractivity contribution in [3.8, 4) is 0 Å². The summed E-state index contributed by atoms with van der Waals surface area (Å²) in [5.74, 6) is -0.537. The third kappa shape index (κ3) is 4.87. The van der Waals surface area contributed by atoms with E-state index in [0.717, 1.165) is 22.3 Å². The van der Waals surface area contributed by atoms with Gasteiger partial charge >= 0.3 is 0 Å². The molecule has 8 heteroatoms. The molecule has 1 amide bonds. The summed E-state index contributed by atoms with van der Waals surface area (Å²) in [7, 11) is -3.94. The second-order valence-electron chi connectivity index (χ2n) is 8.33. The van der Waals surface area contributed by atoms with Crippen LogP contribution in [0.3, 0.4) is 0 Å². The van der Waals surface area contributed by atoms with Crippen LogP contribution in [0.5, 0.6) is 0 Å². The lowest BCUT2D eigenvalue weighted by molar-refractivity contribution is 0.0949. The predicted molar refractivity (Wildman–Crippen MR) is 134 cm³/mol. The highest BCUT2D eigenvalue weighted by Crippen LogP contribution is 2.22. The molecule has 34 heavy (non-hydrogen) atoms. The number of carbonyl (C=O) groups is 1. The molecule has 7 nitrogen and oxygen atoms in total. The Bertz CT molecular complexity index is 1560. The van der Waals surface area contributed by atoms with Gasteiger partial charge in [0.05, 0.1) is 10.6 Å². The first-order valence-corrected chi connectivity index (χ1v) is 12.2. The van der Waals surface area contributed by atoms with Crippen molar-refractivity contribution in [2.75, 3.05) is 4.72 Å². The lowest BCUT2D eigenvalue weighted by atomic mass is 10.1. The van der Waals surface area contributed by atoms with Crippen LogP contribution in [-0.2, 0) is 16.6 Å². The molecule has 3 N–H and O–H groups in total. The van der Waals surface area contributed by atoms with Crippen LogP contribution in [0.2, 0.25) is 0 Å². The number of hydrogen-bond acceptors (Lipinski definition) is 4. The number of nitrogens with one attached hydrogen (secondary N) is 3. The highest BCUT2D eigenvalue weighted by Gasteiger charge is 2.19. The van der Waals surface area contributed by atoms with Crippen molar-refractivity contribution in [2.24, 2.45) is 0 Å². The van der Waals surface area contributed by atoms with Gasteiger partial charge in [0.15, 0.2) is 0 Å². The molecule has 1 heterocycles. The molecule has 4 aromatic rings. The summed E-state index contributed by atoms with van der Waals surface area (Å²) in [6.45, 7) is 5.99. The maximum absolute atomic E-state index is 13.1. The standard InChI is InChI=1S/C26H25N3O4S/c1-16-4-7-19(8-5-16)14-28-26(31)22-15-27-24-11-9-20(13-21(24)25(22)30)34(32,33)29-23-10-6-17(2)12-18(23)3/h4-13,15,29H,14H2,1-3H3,(H,27,30)(H,28,31). The van der Waals surface area contributed by atoms with Crippen molar-refractivity contribution in [1.82, 2.24) is 10.3 Å². The Hall–Kier alpha value is -3.91. The Labute approximate surface area is 197 Å². The first-order valence-electron chi connectivity index (χ1n) is 10.7. The fourth-order valence-electron chi connectivity index (χ4n) is 3.65. The molecule has 0 unspecified atom stereocenters. The van der Waals surface area contributed by atoms with Crippen molar-refractivity contribution in [3.05, 3.63) is 105 Å². The summed E-state index contributed by atoms with van der Waals surface area (Å²) in [4.78, 5) is 28.6. The number of carbonyl (C=O) groups excluding carboxylic acids is 1. The molecule has 0 saturated heterocycles. The third-order valence-electron chi connectivity index (χ3n) is 5.61. The van der Waals surface area contributed by atoms with Crippen molar-refractivity contribution in [2.45, 2.75) is 32.2 Å². The SMILES string of the molecule is Cc1ccc(CNC(=O)c2c[nH]c3ccc(S(=O)(=O)Nc4ccc(C)cc4C)cc3c2=O)cc1. The van der Waals surface area contributed by atoms with Gasteiger partial charge < -0.3 is 10.3 Å². The van der Waals surface area contributed by atoms with Crippen LogP contribution in [0.25, 0.3) is 10.9 Å². The van der Waals surface area contributed by atoms with E-state index in [1.807, 2.05) is 57.2 Å². The molecule has 1 aromatic heterocycles. The second-order valence-corrected chi connectivity index (χ2v) is 10.0. The Balaban J connectivity index is 1.62. The highest BCUT2D eigenvalue weighted by atomic mass is 32.2. The number of aromatic amines is 1. The maximum atomic E-state index is 13.1. The number of aromatic nitrogens is 1. The fourth-order valence-corrected chi connectivity index (χ4v) is 4.81. The van der Waals surface area contributed by atoms with Crippen LogP contribution in [0.1, 0.15) is 32.6 Å². The monoisotopic (exact) mass is 475 g/mol. The number of benzene rings is 3. The number of pyridine rings is 1. The smallest absolute Gasteiger partial charge is 0.261 e. The van der Waals surface area contributed by atoms with E-state index in [1.54, 1.807) is 6.07 Å². The molecular weight excluding hydrogens is 450 g/mol. The Morgan fingerprint density at radius 1 is 0.912 bits per heavy atom. The molecule has 0 aliphatic heterocycles. The van der Waals surface area contributed by atoms with Gasteiger partial charge in [0.25, 0.3) is 15.9 Å². The molecule has 0 atom stereocenters. The molecule has 4 rings (SSSR count). The summed E-state index contributed by atoms with van der Waals surface area (Å²) in [5.41, 5.74) is 4.09. The van der Waals surface area contributed by atoms with Gasteiger partial charge in [-0.3, -0.25) is 14.3 Å². The number of rotatable bonds is 6. The maximum Gasteiger partial charge on any atom is 0.261 e. The van der Waals surface area contributed by atoms with Crippen LogP contribution in [-0.4, -0.2) is 19.3 Å². The molecule has 0 fully saturated rings. The van der Waals surface area contributed by atoms with Crippen molar-refractivity contribution >= 4 is 32.5 Å². The number of hydrogen-bond donors (Lipinski definition) is 3. The largest absolute Gasteiger partial charge is 0.360 e. The van der Waals surface area contributed by atoms with E-state index in [4.69, 9.17) is 0 Å². The van der Waals surface area contributed by atoms with Gasteiger partial charge in [-0.05, 0) is 56.2 Å². The van der Waals surface area contributed by atoms with E-state index in [0.29, 0.717) is 11.2 Å². The van der Waals surface area contributed by atoms with Gasteiger partial charge in [0, 0.05) is 23.6 Å². The van der Waals surface area contributed by atoms with Gasteiger partial charge in [0.1, 0.15) is 5.56 Å². The minimum absolute atomic E-state index is 0.0670. The molecule has 3 aromatic carbocycles. The Kier molecular flexibility index (Phi) is 6.26. The molecule has 0 bridgehead atoms. The fraction of sp³-hybridized carbons (Fsp3) is 0.154. The number of sulfonamides is 1. The van der Waals surface area contributed by atoms with Gasteiger partial charge in [-0.1, -0.05) is 47.5 Å². The minimum atomic E-state index is -3.94. The number of amides is 1. The minimum Gasteiger partial charge on any atom is -0.360 e. The zero-order valence-corrected chi connectivity index (χ0v) is 19.9. The van der Waals surface area contributed by atoms with Crippen molar-refractivity contribution in [1.29, 1.82) is 0 Å². The first-order chi connectivity index (χ1) is 16.1. The van der Waals surface area contributed by atoms with E-state index in [2.05, 4.69) is 15.0 Å². The zero-order valence-electron chi connectivity index (χ0n) is 19.1. The average Bonchev–Trinajstić information content (AvgIpc) is 2.80. The molecular formula is C26H25N3O4S. The summed E-state index contributed by atoms with van der Waals surface area (Å²) in [5, 5.41) is 2.86. The van der Waals surface area contributed by atoms with Crippen molar-refractivity contribution in [3.63, 3.8) is 0 Å². The van der Waals surface area contributed by atoms with Crippen LogP contribution < -0.4 is 15.5 Å². The van der Waals surface area contributed by atoms with E-state index in [-0.39, 0.29) is 22.4 Å². The van der Waals surface area contributed by atoms with Crippen LogP contribution in [0.4, 0.5) is 5.69 Å². The normalized spacial score (nSPS) is 11.4. The predicted octanol–water partition coefficient (Wildman–Crippen LogP) is 4.18. The number of fused-ring (bicyclic) bond motifs is 1. The molecule has 0 radical (unpaired) electrons. The van der Waals surface area contributed by atoms with Gasteiger partial charge in [-0.25, -0.2) is 8.42 Å². The molecule has 174 valence electrons. The number of anilines is 1. The number of aryl methyl sites for hydroxylation is 3. The second kappa shape index (κ2) is 9.15. The molecule has 0 aliphatic rings. The third-order valence-corrected chi connectivity index (χ3v) is 6.97. The highest BCUT2D eigenvalue weighted by molar-refractivity contribution is 7.92. The van der Waals surface area contributed by atoms with Crippen LogP contribution >= 0.6 is 0 Å². The quantitative estimate of drug-likeness (QED) is 0.389. The average molecular weight is 476 g/mol. The zero-order chi connectivity index (χ0) is 24.5. The van der Waals surface area contributed by atoms with Crippen molar-refractivity contribution < 1.29 is 13.2 Å². The number of H-pyrrole nitrogens is 1. The molecule has 0 saturated carbocycles. The molecule has 0 aliphatic carbocycles. The topological polar surface area (TPSA) is 108 Å². The summed E-state index contributed by atoms with van der Waals surface area (Å²) in [6, 6.07) is 17.3. The lowest BCUT2D eigenvalue weighted by Crippen LogP contribution is -2.28. The lowest BCUT2D eigenvalue weighted by Gasteiger charge is -2.12. The van der Waals surface area contributed by atoms with Gasteiger partial charge in [-0.2, -0.15) is 0 Å². The van der Waals surface area contributed by atoms with Crippen LogP contribution in [0, 0.1) is 20.8 Å². The van der Waals surface area contributed by atoms with E-state index in [1.165, 1.54) is 24.4 Å². The summed E-state index contributed by atoms with van der Waals surface area (Å²) in [6.07, 6.45) is 1.34. The van der Waals surface area contributed by atoms with E-state index < -0.39 is 21.4 Å². The Morgan fingerprint density at radius 2 is 1.62 bits per heavy atom. The van der Waals surface area contributed by atoms with Gasteiger partial charge in [-0.15, -0.1) is 0 Å². The Morgan fingerprint density at radius 3 is 2.32 bits per heavy atom. The van der Waals surface area contributed by atoms with E-state index in [9.17, 15) is 18.0 Å². The summed E-state index contributed by atoms with van der Waals surface area (Å²) >= 11 is 0. The van der Waals surface area contributed by atoms with Gasteiger partial charge in [0.2, 0.25) is 5.43 Å². The first kappa shape index (κ1) is 23.3. The van der Waals surface area contributed by atoms with E-state index >= 15 is 0 Å².